The van der Waals surface area contributed by atoms with E-state index in [-0.39, 0.29) is 12.8 Å². The van der Waals surface area contributed by atoms with Crippen LogP contribution in [0.15, 0.2) is 36.5 Å². The number of hydrogen-bond donors (Lipinski definition) is 8. The molecule has 0 radical (unpaired) electrons. The van der Waals surface area contributed by atoms with Crippen molar-refractivity contribution < 1.29 is 50.0 Å². The third kappa shape index (κ3) is 39.4. The summed E-state index contributed by atoms with van der Waals surface area (Å²) in [6.07, 6.45) is 52.2. The summed E-state index contributed by atoms with van der Waals surface area (Å²) in [6, 6.07) is -1.19. The van der Waals surface area contributed by atoms with Crippen molar-refractivity contribution in [3.63, 3.8) is 0 Å². The first-order chi connectivity index (χ1) is 35.7. The molecule has 0 aromatic rings. The number of ether oxygens (including phenoxy) is 2. The maximum absolute atomic E-state index is 13.2. The van der Waals surface area contributed by atoms with Crippen LogP contribution in [-0.4, -0.2) is 110 Å². The van der Waals surface area contributed by atoms with Gasteiger partial charge in [-0.05, 0) is 70.6 Å². The Bertz CT molecular complexity index is 1280. The lowest BCUT2D eigenvalue weighted by Gasteiger charge is -2.40. The molecule has 0 aromatic carbocycles. The van der Waals surface area contributed by atoms with Gasteiger partial charge in [0.25, 0.3) is 0 Å². The highest BCUT2D eigenvalue weighted by molar-refractivity contribution is 5.80. The van der Waals surface area contributed by atoms with Gasteiger partial charge in [-0.15, -0.1) is 0 Å². The zero-order valence-electron chi connectivity index (χ0n) is 47.1. The summed E-state index contributed by atoms with van der Waals surface area (Å²) in [5, 5.41) is 76.1. The molecule has 1 amide bonds. The molecule has 1 aliphatic heterocycles. The number of unbranched alkanes of at least 4 members (excludes halogenated alkanes) is 35. The third-order valence-corrected chi connectivity index (χ3v) is 14.9. The molecule has 9 unspecified atom stereocenters. The number of nitrogens with one attached hydrogen (secondary N) is 1. The van der Waals surface area contributed by atoms with Crippen molar-refractivity contribution in [1.29, 1.82) is 0 Å². The summed E-state index contributed by atoms with van der Waals surface area (Å²) in [4.78, 5) is 13.2. The largest absolute Gasteiger partial charge is 0.394 e. The Labute approximate surface area is 447 Å². The van der Waals surface area contributed by atoms with Crippen molar-refractivity contribution in [3.8, 4) is 0 Å². The predicted octanol–water partition coefficient (Wildman–Crippen LogP) is 13.5. The van der Waals surface area contributed by atoms with Gasteiger partial charge in [-0.25, -0.2) is 0 Å². The van der Waals surface area contributed by atoms with Crippen molar-refractivity contribution in [3.05, 3.63) is 36.5 Å². The summed E-state index contributed by atoms with van der Waals surface area (Å²) in [5.74, 6) is -0.713. The molecule has 0 spiro atoms. The Morgan fingerprint density at radius 3 is 1.29 bits per heavy atom. The second kappa shape index (κ2) is 51.1. The summed E-state index contributed by atoms with van der Waals surface area (Å²) in [5.41, 5.74) is 0. The number of carbonyl (C=O) groups is 1. The van der Waals surface area contributed by atoms with E-state index >= 15 is 0 Å². The Balaban J connectivity index is 2.25. The van der Waals surface area contributed by atoms with E-state index < -0.39 is 74.2 Å². The molecule has 1 aliphatic rings. The van der Waals surface area contributed by atoms with E-state index in [0.717, 1.165) is 64.2 Å². The standard InChI is InChI=1S/C62H117NO10/c1-3-5-7-9-11-13-15-17-19-21-22-23-24-25-26-27-28-29-30-31-32-33-34-36-37-39-41-43-45-47-49-54(65)57(67)53(52-72-62-60(70)59(69)58(68)56(51-64)73-62)63-61(71)55(66)50-48-46-44-42-40-38-35-20-18-16-14-12-10-8-6-4-2/h12,14,18,20,41,43,53-60,62,64-70H,3-11,13,15-17,19,21-40,42,44-52H2,1-2H3,(H,63,71)/b14-12-,20-18-,43-41+. The first kappa shape index (κ1) is 69.3. The quantitative estimate of drug-likeness (QED) is 0.0215. The topological polar surface area (TPSA) is 189 Å². The lowest BCUT2D eigenvalue weighted by molar-refractivity contribution is -0.303. The number of aliphatic hydroxyl groups is 7. The molecule has 1 fully saturated rings. The number of hydrogen-bond acceptors (Lipinski definition) is 10. The van der Waals surface area contributed by atoms with Crippen LogP contribution in [0.4, 0.5) is 0 Å². The zero-order valence-corrected chi connectivity index (χ0v) is 47.1. The summed E-state index contributed by atoms with van der Waals surface area (Å²) < 4.78 is 11.1. The van der Waals surface area contributed by atoms with Crippen LogP contribution in [0.3, 0.4) is 0 Å². The minimum Gasteiger partial charge on any atom is -0.394 e. The van der Waals surface area contributed by atoms with Crippen molar-refractivity contribution in [2.45, 2.75) is 339 Å². The zero-order chi connectivity index (χ0) is 53.3. The highest BCUT2D eigenvalue weighted by Gasteiger charge is 2.44. The van der Waals surface area contributed by atoms with Gasteiger partial charge >= 0.3 is 0 Å². The van der Waals surface area contributed by atoms with Crippen molar-refractivity contribution in [2.24, 2.45) is 0 Å². The number of amides is 1. The normalized spacial score (nSPS) is 20.2. The van der Waals surface area contributed by atoms with Gasteiger partial charge < -0.3 is 50.5 Å². The fraction of sp³-hybridized carbons (Fsp3) is 0.887. The van der Waals surface area contributed by atoms with Crippen LogP contribution in [0, 0.1) is 0 Å². The second-order valence-electron chi connectivity index (χ2n) is 21.8. The first-order valence-electron chi connectivity index (χ1n) is 30.9. The minimum absolute atomic E-state index is 0.242. The number of allylic oxidation sites excluding steroid dienone is 6. The predicted molar refractivity (Wildman–Crippen MR) is 302 cm³/mol. The van der Waals surface area contributed by atoms with Crippen LogP contribution in [-0.2, 0) is 14.3 Å². The fourth-order valence-electron chi connectivity index (χ4n) is 9.89. The van der Waals surface area contributed by atoms with Gasteiger partial charge in [-0.3, -0.25) is 4.79 Å². The average molecular weight is 1040 g/mol. The number of aliphatic hydroxyl groups excluding tert-OH is 7. The van der Waals surface area contributed by atoms with Crippen molar-refractivity contribution in [2.75, 3.05) is 13.2 Å². The maximum Gasteiger partial charge on any atom is 0.249 e. The highest BCUT2D eigenvalue weighted by atomic mass is 16.7. The number of carbonyl (C=O) groups excluding carboxylic acids is 1. The summed E-state index contributed by atoms with van der Waals surface area (Å²) in [7, 11) is 0. The van der Waals surface area contributed by atoms with Gasteiger partial charge in [-0.2, -0.15) is 0 Å². The van der Waals surface area contributed by atoms with Crippen LogP contribution in [0.1, 0.15) is 284 Å². The monoisotopic (exact) mass is 1040 g/mol. The molecule has 8 N–H and O–H groups in total. The number of rotatable bonds is 53. The molecule has 11 heteroatoms. The van der Waals surface area contributed by atoms with E-state index in [1.54, 1.807) is 0 Å². The molecule has 73 heavy (non-hydrogen) atoms. The van der Waals surface area contributed by atoms with E-state index in [1.807, 2.05) is 0 Å². The van der Waals surface area contributed by atoms with E-state index in [0.29, 0.717) is 12.8 Å². The van der Waals surface area contributed by atoms with Gasteiger partial charge in [-0.1, -0.05) is 249 Å². The molecule has 1 heterocycles. The van der Waals surface area contributed by atoms with Gasteiger partial charge in [0.2, 0.25) is 5.91 Å². The molecule has 9 atom stereocenters. The fourth-order valence-corrected chi connectivity index (χ4v) is 9.89. The van der Waals surface area contributed by atoms with E-state index in [9.17, 15) is 40.5 Å². The minimum atomic E-state index is -1.67. The maximum atomic E-state index is 13.2. The average Bonchev–Trinajstić information content (AvgIpc) is 3.39. The van der Waals surface area contributed by atoms with Crippen LogP contribution in [0.5, 0.6) is 0 Å². The summed E-state index contributed by atoms with van der Waals surface area (Å²) in [6.45, 7) is 3.43. The van der Waals surface area contributed by atoms with Crippen LogP contribution in [0.2, 0.25) is 0 Å². The lowest BCUT2D eigenvalue weighted by atomic mass is 9.98. The van der Waals surface area contributed by atoms with Crippen molar-refractivity contribution >= 4 is 5.91 Å². The second-order valence-corrected chi connectivity index (χ2v) is 21.8. The molecule has 0 bridgehead atoms. The van der Waals surface area contributed by atoms with Crippen molar-refractivity contribution in [1.82, 2.24) is 5.32 Å². The molecular weight excluding hydrogens is 919 g/mol. The lowest BCUT2D eigenvalue weighted by Crippen LogP contribution is -2.60. The molecule has 1 saturated heterocycles. The Hall–Kier alpha value is -1.67. The molecule has 0 aliphatic carbocycles. The third-order valence-electron chi connectivity index (χ3n) is 14.9. The van der Waals surface area contributed by atoms with Crippen LogP contribution >= 0.6 is 0 Å². The van der Waals surface area contributed by atoms with Gasteiger partial charge in [0.1, 0.15) is 36.6 Å². The van der Waals surface area contributed by atoms with Gasteiger partial charge in [0, 0.05) is 0 Å². The van der Waals surface area contributed by atoms with Crippen LogP contribution in [0.25, 0.3) is 0 Å². The molecule has 11 nitrogen and oxygen atoms in total. The molecule has 1 rings (SSSR count). The molecule has 430 valence electrons. The van der Waals surface area contributed by atoms with Gasteiger partial charge in [0.15, 0.2) is 6.29 Å². The van der Waals surface area contributed by atoms with E-state index in [1.165, 1.54) is 180 Å². The molecular formula is C62H117NO10. The molecule has 0 aromatic heterocycles. The Kier molecular flexibility index (Phi) is 48.5. The van der Waals surface area contributed by atoms with E-state index in [4.69, 9.17) is 9.47 Å². The highest BCUT2D eigenvalue weighted by Crippen LogP contribution is 2.23. The van der Waals surface area contributed by atoms with E-state index in [2.05, 4.69) is 55.6 Å². The SMILES string of the molecule is CCCCC/C=C\C/C=C\CCCCCCCCC(O)C(=O)NC(COC1OC(CO)C(O)C(O)C1O)C(O)C(O)CCC/C=C/CCCCCCCCCCCCCCCCCCCCCCCCCCC. The Morgan fingerprint density at radius 2 is 0.849 bits per heavy atom. The smallest absolute Gasteiger partial charge is 0.249 e. The summed E-state index contributed by atoms with van der Waals surface area (Å²) >= 11 is 0. The molecule has 0 saturated carbocycles. The van der Waals surface area contributed by atoms with Gasteiger partial charge in [0.05, 0.1) is 25.4 Å². The van der Waals surface area contributed by atoms with Crippen LogP contribution < -0.4 is 5.32 Å². The first-order valence-corrected chi connectivity index (χ1v) is 30.9. The Morgan fingerprint density at radius 1 is 0.479 bits per heavy atom.